The number of benzene rings is 2. The molecule has 0 atom stereocenters. The van der Waals surface area contributed by atoms with Gasteiger partial charge >= 0.3 is 0 Å². The summed E-state index contributed by atoms with van der Waals surface area (Å²) >= 11 is 1.17. The molecule has 0 aliphatic rings. The number of non-ortho nitro benzene ring substituents is 2. The van der Waals surface area contributed by atoms with E-state index in [0.717, 1.165) is 6.07 Å². The van der Waals surface area contributed by atoms with E-state index in [0.29, 0.717) is 10.4 Å². The van der Waals surface area contributed by atoms with Crippen molar-refractivity contribution in [1.82, 2.24) is 5.32 Å². The molecule has 2 N–H and O–H groups in total. The van der Waals surface area contributed by atoms with E-state index in [1.807, 2.05) is 0 Å². The van der Waals surface area contributed by atoms with Gasteiger partial charge in [0.05, 0.1) is 33.6 Å². The number of ether oxygens (including phenoxy) is 1. The molecule has 1 heterocycles. The Labute approximate surface area is 190 Å². The minimum absolute atomic E-state index is 0.0387. The first-order chi connectivity index (χ1) is 15.8. The average molecular weight is 468 g/mol. The van der Waals surface area contributed by atoms with Gasteiger partial charge in [-0.2, -0.15) is 0 Å². The number of nitro groups is 2. The lowest BCUT2D eigenvalue weighted by molar-refractivity contribution is -0.385. The summed E-state index contributed by atoms with van der Waals surface area (Å²) in [5, 5.41) is 28.8. The van der Waals surface area contributed by atoms with Crippen molar-refractivity contribution in [3.05, 3.63) is 96.3 Å². The Kier molecular flexibility index (Phi) is 7.10. The van der Waals surface area contributed by atoms with E-state index < -0.39 is 21.7 Å². The monoisotopic (exact) mass is 468 g/mol. The molecule has 11 nitrogen and oxygen atoms in total. The van der Waals surface area contributed by atoms with E-state index in [1.54, 1.807) is 17.5 Å². The molecule has 168 valence electrons. The van der Waals surface area contributed by atoms with E-state index in [-0.39, 0.29) is 28.5 Å². The highest BCUT2D eigenvalue weighted by atomic mass is 32.1. The molecule has 0 spiro atoms. The zero-order valence-corrected chi connectivity index (χ0v) is 17.8. The molecule has 3 rings (SSSR count). The Balaban J connectivity index is 1.95. The lowest BCUT2D eigenvalue weighted by atomic mass is 10.1. The van der Waals surface area contributed by atoms with E-state index in [4.69, 9.17) is 4.74 Å². The quantitative estimate of drug-likeness (QED) is 0.288. The summed E-state index contributed by atoms with van der Waals surface area (Å²) < 4.78 is 5.12. The van der Waals surface area contributed by atoms with Gasteiger partial charge in [0.25, 0.3) is 23.2 Å². The Bertz CT molecular complexity index is 1260. The van der Waals surface area contributed by atoms with Gasteiger partial charge in [-0.25, -0.2) is 0 Å². The van der Waals surface area contributed by atoms with Crippen LogP contribution in [0.25, 0.3) is 6.08 Å². The Morgan fingerprint density at radius 3 is 2.36 bits per heavy atom. The van der Waals surface area contributed by atoms with E-state index >= 15 is 0 Å². The Morgan fingerprint density at radius 2 is 1.73 bits per heavy atom. The third-order valence-electron chi connectivity index (χ3n) is 4.27. The SMILES string of the molecule is COc1cc([N+](=O)[O-])ccc1NC(=O)C(=Cc1cccc([N+](=O)[O-])c1)NC(=O)c1cccs1. The molecule has 0 bridgehead atoms. The number of rotatable bonds is 8. The standard InChI is InChI=1S/C21H16N4O7S/c1-32-18-12-15(25(30)31)7-8-16(18)22-20(26)17(23-21(27)19-6-3-9-33-19)11-13-4-2-5-14(10-13)24(28)29/h2-12H,1H3,(H,22,26)(H,23,27). The number of carbonyl (C=O) groups is 2. The van der Waals surface area contributed by atoms with Crippen LogP contribution in [0.3, 0.4) is 0 Å². The molecule has 3 aromatic rings. The second-order valence-electron chi connectivity index (χ2n) is 6.44. The van der Waals surface area contributed by atoms with Crippen LogP contribution in [0.5, 0.6) is 5.75 Å². The third-order valence-corrected chi connectivity index (χ3v) is 5.14. The Hall–Kier alpha value is -4.58. The maximum absolute atomic E-state index is 13.0. The maximum atomic E-state index is 13.0. The first kappa shape index (κ1) is 23.1. The molecule has 0 saturated carbocycles. The number of nitrogens with one attached hydrogen (secondary N) is 2. The lowest BCUT2D eigenvalue weighted by Gasteiger charge is -2.13. The van der Waals surface area contributed by atoms with Crippen LogP contribution in [0.4, 0.5) is 17.1 Å². The minimum Gasteiger partial charge on any atom is -0.494 e. The predicted molar refractivity (Wildman–Crippen MR) is 121 cm³/mol. The van der Waals surface area contributed by atoms with Crippen molar-refractivity contribution in [1.29, 1.82) is 0 Å². The molecule has 0 fully saturated rings. The molecule has 0 aliphatic heterocycles. The largest absolute Gasteiger partial charge is 0.494 e. The predicted octanol–water partition coefficient (Wildman–Crippen LogP) is 3.98. The smallest absolute Gasteiger partial charge is 0.273 e. The molecule has 2 aromatic carbocycles. The zero-order chi connectivity index (χ0) is 24.0. The number of nitrogens with zero attached hydrogens (tertiary/aromatic N) is 2. The van der Waals surface area contributed by atoms with Gasteiger partial charge in [0.1, 0.15) is 11.4 Å². The van der Waals surface area contributed by atoms with E-state index in [9.17, 15) is 29.8 Å². The minimum atomic E-state index is -0.765. The number of thiophene rings is 1. The van der Waals surface area contributed by atoms with Gasteiger partial charge in [-0.05, 0) is 29.2 Å². The first-order valence-electron chi connectivity index (χ1n) is 9.23. The summed E-state index contributed by atoms with van der Waals surface area (Å²) in [6.45, 7) is 0. The highest BCUT2D eigenvalue weighted by molar-refractivity contribution is 7.12. The number of methoxy groups -OCH3 is 1. The first-order valence-corrected chi connectivity index (χ1v) is 10.1. The van der Waals surface area contributed by atoms with Gasteiger partial charge in [-0.15, -0.1) is 11.3 Å². The normalized spacial score (nSPS) is 10.9. The van der Waals surface area contributed by atoms with Crippen LogP contribution in [0.1, 0.15) is 15.2 Å². The molecule has 1 aromatic heterocycles. The van der Waals surface area contributed by atoms with Crippen molar-refractivity contribution in [3.63, 3.8) is 0 Å². The van der Waals surface area contributed by atoms with Gasteiger partial charge in [0.2, 0.25) is 0 Å². The molecule has 33 heavy (non-hydrogen) atoms. The number of nitro benzene ring substituents is 2. The second-order valence-corrected chi connectivity index (χ2v) is 7.39. The van der Waals surface area contributed by atoms with Crippen LogP contribution >= 0.6 is 11.3 Å². The van der Waals surface area contributed by atoms with Gasteiger partial charge in [-0.3, -0.25) is 29.8 Å². The fraction of sp³-hybridized carbons (Fsp3) is 0.0476. The van der Waals surface area contributed by atoms with Crippen molar-refractivity contribution >= 4 is 46.3 Å². The van der Waals surface area contributed by atoms with Crippen molar-refractivity contribution < 1.29 is 24.2 Å². The number of anilines is 1. The van der Waals surface area contributed by atoms with Crippen LogP contribution in [-0.2, 0) is 4.79 Å². The van der Waals surface area contributed by atoms with Gasteiger partial charge in [-0.1, -0.05) is 18.2 Å². The van der Waals surface area contributed by atoms with Crippen LogP contribution < -0.4 is 15.4 Å². The second kappa shape index (κ2) is 10.2. The van der Waals surface area contributed by atoms with Crippen LogP contribution in [0, 0.1) is 20.2 Å². The molecule has 0 radical (unpaired) electrons. The van der Waals surface area contributed by atoms with E-state index in [1.165, 1.54) is 60.9 Å². The summed E-state index contributed by atoms with van der Waals surface area (Å²) in [4.78, 5) is 46.8. The molecule has 2 amide bonds. The van der Waals surface area contributed by atoms with Crippen molar-refractivity contribution in [3.8, 4) is 5.75 Å². The number of carbonyl (C=O) groups excluding carboxylic acids is 2. The highest BCUT2D eigenvalue weighted by Gasteiger charge is 2.19. The molecule has 12 heteroatoms. The Morgan fingerprint density at radius 1 is 1.00 bits per heavy atom. The summed E-state index contributed by atoms with van der Waals surface area (Å²) in [7, 11) is 1.28. The average Bonchev–Trinajstić information content (AvgIpc) is 3.34. The van der Waals surface area contributed by atoms with Crippen LogP contribution in [0.15, 0.2) is 65.7 Å². The lowest BCUT2D eigenvalue weighted by Crippen LogP contribution is -2.30. The maximum Gasteiger partial charge on any atom is 0.273 e. The van der Waals surface area contributed by atoms with Crippen molar-refractivity contribution in [2.45, 2.75) is 0 Å². The molecular formula is C21H16N4O7S. The van der Waals surface area contributed by atoms with Crippen LogP contribution in [0.2, 0.25) is 0 Å². The summed E-state index contributed by atoms with van der Waals surface area (Å²) in [5.41, 5.74) is -0.192. The molecule has 0 aliphatic carbocycles. The zero-order valence-electron chi connectivity index (χ0n) is 17.0. The fourth-order valence-corrected chi connectivity index (χ4v) is 3.35. The molecular weight excluding hydrogens is 452 g/mol. The van der Waals surface area contributed by atoms with Gasteiger partial charge in [0.15, 0.2) is 0 Å². The third kappa shape index (κ3) is 5.77. The van der Waals surface area contributed by atoms with Crippen molar-refractivity contribution in [2.24, 2.45) is 0 Å². The summed E-state index contributed by atoms with van der Waals surface area (Å²) in [6, 6.07) is 12.4. The fourth-order valence-electron chi connectivity index (χ4n) is 2.73. The number of hydrogen-bond donors (Lipinski definition) is 2. The number of amides is 2. The van der Waals surface area contributed by atoms with E-state index in [2.05, 4.69) is 10.6 Å². The van der Waals surface area contributed by atoms with Crippen molar-refractivity contribution in [2.75, 3.05) is 12.4 Å². The number of hydrogen-bond acceptors (Lipinski definition) is 8. The topological polar surface area (TPSA) is 154 Å². The highest BCUT2D eigenvalue weighted by Crippen LogP contribution is 2.29. The summed E-state index contributed by atoms with van der Waals surface area (Å²) in [6.07, 6.45) is 1.28. The molecule has 0 unspecified atom stereocenters. The van der Waals surface area contributed by atoms with Crippen LogP contribution in [-0.4, -0.2) is 28.8 Å². The molecule has 0 saturated heterocycles. The van der Waals surface area contributed by atoms with Gasteiger partial charge in [0, 0.05) is 18.2 Å². The van der Waals surface area contributed by atoms with Gasteiger partial charge < -0.3 is 15.4 Å². The summed E-state index contributed by atoms with van der Waals surface area (Å²) in [5.74, 6) is -1.28.